The third-order valence-corrected chi connectivity index (χ3v) is 6.66. The summed E-state index contributed by atoms with van der Waals surface area (Å²) in [5.74, 6) is -1.18. The van der Waals surface area contributed by atoms with Gasteiger partial charge in [-0.1, -0.05) is 12.1 Å². The van der Waals surface area contributed by atoms with Crippen LogP contribution >= 0.6 is 0 Å². The molecule has 0 aromatic heterocycles. The second kappa shape index (κ2) is 9.17. The molecule has 0 bridgehead atoms. The van der Waals surface area contributed by atoms with Crippen LogP contribution in [0.5, 0.6) is 0 Å². The topological polar surface area (TPSA) is 76.1 Å². The van der Waals surface area contributed by atoms with Gasteiger partial charge in [0.05, 0.1) is 18.6 Å². The fourth-order valence-corrected chi connectivity index (χ4v) is 4.68. The Morgan fingerprint density at radius 3 is 2.41 bits per heavy atom. The number of urea groups is 1. The third kappa shape index (κ3) is 4.95. The van der Waals surface area contributed by atoms with Crippen molar-refractivity contribution in [2.24, 2.45) is 5.92 Å². The van der Waals surface area contributed by atoms with E-state index in [9.17, 15) is 27.9 Å². The van der Waals surface area contributed by atoms with Crippen molar-refractivity contribution in [3.8, 4) is 0 Å². The Bertz CT molecular complexity index is 827. The lowest BCUT2D eigenvalue weighted by Crippen LogP contribution is -2.57. The Labute approximate surface area is 185 Å². The van der Waals surface area contributed by atoms with E-state index in [0.29, 0.717) is 39.0 Å². The molecular weight excluding hydrogens is 425 g/mol. The van der Waals surface area contributed by atoms with Gasteiger partial charge >= 0.3 is 12.2 Å². The maximum Gasteiger partial charge on any atom is 0.393 e. The number of aliphatic hydroxyl groups is 1. The highest BCUT2D eigenvalue weighted by Crippen LogP contribution is 2.36. The molecule has 3 amide bonds. The van der Waals surface area contributed by atoms with E-state index in [0.717, 1.165) is 11.3 Å². The zero-order valence-corrected chi connectivity index (χ0v) is 17.9. The van der Waals surface area contributed by atoms with E-state index >= 15 is 0 Å². The van der Waals surface area contributed by atoms with Crippen LogP contribution in [-0.4, -0.2) is 84.9 Å². The number of likely N-dealkylation sites (tertiary alicyclic amines) is 1. The average molecular weight is 454 g/mol. The Kier molecular flexibility index (Phi) is 6.50. The number of hydrogen-bond donors (Lipinski definition) is 2. The fourth-order valence-electron chi connectivity index (χ4n) is 4.68. The Hall–Kier alpha value is -2.49. The molecule has 3 aliphatic rings. The van der Waals surface area contributed by atoms with E-state index in [1.807, 2.05) is 24.3 Å². The van der Waals surface area contributed by atoms with E-state index in [4.69, 9.17) is 0 Å². The maximum absolute atomic E-state index is 12.9. The van der Waals surface area contributed by atoms with Gasteiger partial charge in [0.2, 0.25) is 5.91 Å². The van der Waals surface area contributed by atoms with Crippen LogP contribution in [0.1, 0.15) is 30.7 Å². The second-order valence-corrected chi connectivity index (χ2v) is 8.95. The Morgan fingerprint density at radius 1 is 1.06 bits per heavy atom. The number of alkyl halides is 3. The normalized spacial score (nSPS) is 25.2. The maximum atomic E-state index is 12.9. The van der Waals surface area contributed by atoms with E-state index in [1.165, 1.54) is 0 Å². The van der Waals surface area contributed by atoms with Crippen LogP contribution < -0.4 is 10.2 Å². The number of amides is 3. The Morgan fingerprint density at radius 2 is 1.78 bits per heavy atom. The zero-order valence-electron chi connectivity index (χ0n) is 17.9. The SMILES string of the molecule is O=C1CCCN(C(=O)N2CC(c3ccc(N4CCC(C(F)(F)F)C4)cc3)C2)C[C@H](CO)N1. The molecule has 1 unspecified atom stereocenters. The van der Waals surface area contributed by atoms with Crippen molar-refractivity contribution >= 4 is 17.6 Å². The molecule has 0 spiro atoms. The van der Waals surface area contributed by atoms with Gasteiger partial charge in [-0.15, -0.1) is 0 Å². The van der Waals surface area contributed by atoms with Gasteiger partial charge in [0.25, 0.3) is 0 Å². The summed E-state index contributed by atoms with van der Waals surface area (Å²) in [6.45, 7) is 2.10. The molecule has 10 heteroatoms. The Balaban J connectivity index is 1.29. The van der Waals surface area contributed by atoms with Crippen LogP contribution in [0.25, 0.3) is 0 Å². The summed E-state index contributed by atoms with van der Waals surface area (Å²) in [5, 5.41) is 12.2. The van der Waals surface area contributed by atoms with Gasteiger partial charge in [-0.2, -0.15) is 13.2 Å². The number of anilines is 1. The fraction of sp³-hybridized carbons (Fsp3) is 0.636. The molecule has 4 rings (SSSR count). The number of carbonyl (C=O) groups is 2. The standard InChI is InChI=1S/C22H29F3N4O3/c23-22(24,25)17-7-9-27(12-17)19-5-3-15(4-6-19)16-10-29(11-16)21(32)28-8-1-2-20(31)26-18(13-28)14-30/h3-6,16-18,30H,1-2,7-14H2,(H,26,31)/t17?,18-/m1/s1. The van der Waals surface area contributed by atoms with Crippen molar-refractivity contribution in [3.63, 3.8) is 0 Å². The molecule has 1 aromatic rings. The van der Waals surface area contributed by atoms with Gasteiger partial charge in [-0.05, 0) is 30.5 Å². The number of halogens is 3. The highest BCUT2D eigenvalue weighted by atomic mass is 19.4. The molecule has 2 atom stereocenters. The second-order valence-electron chi connectivity index (χ2n) is 8.95. The average Bonchev–Trinajstić information content (AvgIpc) is 3.20. The van der Waals surface area contributed by atoms with E-state index in [-0.39, 0.29) is 44.0 Å². The third-order valence-electron chi connectivity index (χ3n) is 6.66. The molecule has 2 N–H and O–H groups in total. The molecule has 0 radical (unpaired) electrons. The minimum atomic E-state index is -4.15. The molecule has 3 aliphatic heterocycles. The molecular formula is C22H29F3N4O3. The first kappa shape index (κ1) is 22.7. The van der Waals surface area contributed by atoms with E-state index in [1.54, 1.807) is 14.7 Å². The van der Waals surface area contributed by atoms with Crippen LogP contribution in [0.3, 0.4) is 0 Å². The largest absolute Gasteiger partial charge is 0.394 e. The quantitative estimate of drug-likeness (QED) is 0.734. The van der Waals surface area contributed by atoms with E-state index < -0.39 is 18.1 Å². The molecule has 3 saturated heterocycles. The van der Waals surface area contributed by atoms with Gasteiger partial charge in [0.1, 0.15) is 0 Å². The highest BCUT2D eigenvalue weighted by molar-refractivity contribution is 5.78. The van der Waals surface area contributed by atoms with Crippen LogP contribution in [-0.2, 0) is 4.79 Å². The van der Waals surface area contributed by atoms with Crippen LogP contribution in [0.15, 0.2) is 24.3 Å². The summed E-state index contributed by atoms with van der Waals surface area (Å²) < 4.78 is 38.8. The first-order valence-electron chi connectivity index (χ1n) is 11.1. The zero-order chi connectivity index (χ0) is 22.9. The van der Waals surface area contributed by atoms with Crippen molar-refractivity contribution in [1.29, 1.82) is 0 Å². The van der Waals surface area contributed by atoms with Crippen molar-refractivity contribution in [2.75, 3.05) is 50.8 Å². The summed E-state index contributed by atoms with van der Waals surface area (Å²) in [6.07, 6.45) is -3.11. The van der Waals surface area contributed by atoms with Crippen LogP contribution in [0, 0.1) is 5.92 Å². The first-order valence-corrected chi connectivity index (χ1v) is 11.1. The molecule has 0 aliphatic carbocycles. The number of rotatable bonds is 3. The smallest absolute Gasteiger partial charge is 0.393 e. The van der Waals surface area contributed by atoms with Crippen molar-refractivity contribution in [2.45, 2.75) is 37.4 Å². The van der Waals surface area contributed by atoms with Gasteiger partial charge in [-0.3, -0.25) is 4.79 Å². The van der Waals surface area contributed by atoms with Gasteiger partial charge in [0.15, 0.2) is 0 Å². The summed E-state index contributed by atoms with van der Waals surface area (Å²) >= 11 is 0. The molecule has 3 fully saturated rings. The minimum absolute atomic E-state index is 0.000320. The van der Waals surface area contributed by atoms with Crippen LogP contribution in [0.2, 0.25) is 0 Å². The highest BCUT2D eigenvalue weighted by Gasteiger charge is 2.43. The lowest BCUT2D eigenvalue weighted by molar-refractivity contribution is -0.168. The predicted molar refractivity (Wildman–Crippen MR) is 112 cm³/mol. The summed E-state index contributed by atoms with van der Waals surface area (Å²) in [6, 6.07) is 7.06. The first-order chi connectivity index (χ1) is 15.2. The lowest BCUT2D eigenvalue weighted by Gasteiger charge is -2.43. The molecule has 176 valence electrons. The molecule has 1 aromatic carbocycles. The minimum Gasteiger partial charge on any atom is -0.394 e. The number of carbonyl (C=O) groups excluding carboxylic acids is 2. The van der Waals surface area contributed by atoms with Gasteiger partial charge in [0, 0.05) is 57.3 Å². The summed E-state index contributed by atoms with van der Waals surface area (Å²) in [7, 11) is 0. The molecule has 32 heavy (non-hydrogen) atoms. The number of benzene rings is 1. The van der Waals surface area contributed by atoms with E-state index in [2.05, 4.69) is 5.32 Å². The monoisotopic (exact) mass is 454 g/mol. The number of nitrogens with one attached hydrogen (secondary N) is 1. The van der Waals surface area contributed by atoms with Crippen LogP contribution in [0.4, 0.5) is 23.7 Å². The van der Waals surface area contributed by atoms with Crippen molar-refractivity contribution < 1.29 is 27.9 Å². The molecule has 3 heterocycles. The van der Waals surface area contributed by atoms with Crippen molar-refractivity contribution in [3.05, 3.63) is 29.8 Å². The number of nitrogens with zero attached hydrogens (tertiary/aromatic N) is 3. The number of hydrogen-bond acceptors (Lipinski definition) is 4. The van der Waals surface area contributed by atoms with Crippen molar-refractivity contribution in [1.82, 2.24) is 15.1 Å². The molecule has 0 saturated carbocycles. The molecule has 7 nitrogen and oxygen atoms in total. The summed E-state index contributed by atoms with van der Waals surface area (Å²) in [4.78, 5) is 29.7. The lowest BCUT2D eigenvalue weighted by atomic mass is 9.91. The van der Waals surface area contributed by atoms with Gasteiger partial charge in [-0.25, -0.2) is 4.79 Å². The predicted octanol–water partition coefficient (Wildman–Crippen LogP) is 2.17. The number of aliphatic hydroxyl groups excluding tert-OH is 1. The van der Waals surface area contributed by atoms with Gasteiger partial charge < -0.3 is 25.1 Å². The summed E-state index contributed by atoms with van der Waals surface area (Å²) in [5.41, 5.74) is 1.86.